The van der Waals surface area contributed by atoms with Gasteiger partial charge in [-0.15, -0.1) is 5.10 Å². The Hall–Kier alpha value is -3.29. The quantitative estimate of drug-likeness (QED) is 0.519. The molecule has 1 amide bonds. The van der Waals surface area contributed by atoms with Crippen molar-refractivity contribution in [3.63, 3.8) is 0 Å². The minimum Gasteiger partial charge on any atom is -0.465 e. The van der Waals surface area contributed by atoms with Gasteiger partial charge in [-0.3, -0.25) is 9.88 Å². The van der Waals surface area contributed by atoms with E-state index in [2.05, 4.69) is 53.5 Å². The third-order valence-corrected chi connectivity index (χ3v) is 7.61. The number of hydrogen-bond donors (Lipinski definition) is 2. The molecule has 0 bridgehead atoms. The molecule has 1 fully saturated rings. The van der Waals surface area contributed by atoms with Crippen LogP contribution in [0.15, 0.2) is 30.3 Å². The number of nitrogens with one attached hydrogen (secondary N) is 1. The lowest BCUT2D eigenvalue weighted by Gasteiger charge is -2.47. The summed E-state index contributed by atoms with van der Waals surface area (Å²) >= 11 is 0. The molecule has 3 aromatic rings. The highest BCUT2D eigenvalue weighted by atomic mass is 16.4. The van der Waals surface area contributed by atoms with Crippen LogP contribution in [-0.2, 0) is 18.4 Å². The van der Waals surface area contributed by atoms with Crippen LogP contribution in [-0.4, -0.2) is 48.3 Å². The summed E-state index contributed by atoms with van der Waals surface area (Å²) in [6.07, 6.45) is 5.76. The lowest BCUT2D eigenvalue weighted by molar-refractivity contribution is 0.0248. The van der Waals surface area contributed by atoms with Crippen LogP contribution in [0.25, 0.3) is 22.5 Å². The number of aromatic nitrogens is 5. The zero-order valence-electron chi connectivity index (χ0n) is 20.1. The molecule has 8 heteroatoms. The van der Waals surface area contributed by atoms with Crippen molar-refractivity contribution < 1.29 is 9.90 Å². The second-order valence-corrected chi connectivity index (χ2v) is 10.5. The van der Waals surface area contributed by atoms with Crippen molar-refractivity contribution in [2.45, 2.75) is 71.3 Å². The molecule has 1 saturated heterocycles. The van der Waals surface area contributed by atoms with Gasteiger partial charge in [0.15, 0.2) is 5.82 Å². The number of nitrogens with zero attached hydrogens (tertiary/aromatic N) is 5. The van der Waals surface area contributed by atoms with E-state index in [1.165, 1.54) is 5.56 Å². The molecule has 5 rings (SSSR count). The molecule has 0 saturated carbocycles. The van der Waals surface area contributed by atoms with Gasteiger partial charge in [-0.05, 0) is 71.1 Å². The number of pyridine rings is 1. The van der Waals surface area contributed by atoms with Gasteiger partial charge < -0.3 is 5.11 Å². The van der Waals surface area contributed by atoms with Crippen LogP contribution < -0.4 is 0 Å². The second-order valence-electron chi connectivity index (χ2n) is 10.5. The number of carboxylic acid groups (broad SMARTS) is 1. The summed E-state index contributed by atoms with van der Waals surface area (Å²) in [6.45, 7) is 6.84. The Bertz CT molecular complexity index is 1190. The first-order valence-electron chi connectivity index (χ1n) is 12.2. The van der Waals surface area contributed by atoms with Crippen molar-refractivity contribution in [1.29, 1.82) is 0 Å². The normalized spacial score (nSPS) is 20.7. The zero-order chi connectivity index (χ0) is 23.9. The van der Waals surface area contributed by atoms with Crippen LogP contribution in [0.3, 0.4) is 0 Å². The summed E-state index contributed by atoms with van der Waals surface area (Å²) in [7, 11) is 0. The molecule has 34 heavy (non-hydrogen) atoms. The van der Waals surface area contributed by atoms with Gasteiger partial charge in [-0.1, -0.05) is 57.5 Å². The van der Waals surface area contributed by atoms with Crippen molar-refractivity contribution in [3.8, 4) is 22.5 Å². The second kappa shape index (κ2) is 8.49. The molecule has 1 aliphatic carbocycles. The maximum absolute atomic E-state index is 12.6. The zero-order valence-corrected chi connectivity index (χ0v) is 20.1. The highest BCUT2D eigenvalue weighted by Gasteiger charge is 2.56. The van der Waals surface area contributed by atoms with Crippen LogP contribution in [0, 0.1) is 5.41 Å². The first-order chi connectivity index (χ1) is 16.3. The van der Waals surface area contributed by atoms with Gasteiger partial charge >= 0.3 is 6.09 Å². The Morgan fingerprint density at radius 1 is 1.06 bits per heavy atom. The van der Waals surface area contributed by atoms with Crippen molar-refractivity contribution in [2.24, 2.45) is 5.41 Å². The largest absolute Gasteiger partial charge is 0.465 e. The standard InChI is InChI=1S/C26H32N6O2/c1-25(2,3)26(15-10-16-32(26)24(33)34)22-21(23-28-30-31-29-23)20(17-11-6-4-7-12-17)18-13-8-5-9-14-19(18)27-22/h4,6-7,11-12H,5,8-10,13-16H2,1-3H3,(H,33,34)(H,28,29,30,31)/t26-/m1/s1. The molecule has 1 atom stereocenters. The monoisotopic (exact) mass is 460 g/mol. The van der Waals surface area contributed by atoms with E-state index in [0.29, 0.717) is 18.8 Å². The number of hydrogen-bond acceptors (Lipinski definition) is 5. The Labute approximate surface area is 199 Å². The van der Waals surface area contributed by atoms with Gasteiger partial charge in [0.1, 0.15) is 0 Å². The van der Waals surface area contributed by atoms with E-state index in [4.69, 9.17) is 4.98 Å². The predicted molar refractivity (Wildman–Crippen MR) is 129 cm³/mol. The van der Waals surface area contributed by atoms with Gasteiger partial charge in [-0.2, -0.15) is 0 Å². The fourth-order valence-electron chi connectivity index (χ4n) is 6.10. The van der Waals surface area contributed by atoms with Gasteiger partial charge in [-0.25, -0.2) is 9.89 Å². The fourth-order valence-corrected chi connectivity index (χ4v) is 6.10. The highest BCUT2D eigenvalue weighted by molar-refractivity contribution is 5.86. The van der Waals surface area contributed by atoms with Crippen LogP contribution in [0.2, 0.25) is 0 Å². The van der Waals surface area contributed by atoms with Crippen LogP contribution >= 0.6 is 0 Å². The maximum atomic E-state index is 12.6. The van der Waals surface area contributed by atoms with E-state index in [-0.39, 0.29) is 0 Å². The number of rotatable bonds is 3. The van der Waals surface area contributed by atoms with Gasteiger partial charge in [0, 0.05) is 12.2 Å². The summed E-state index contributed by atoms with van der Waals surface area (Å²) in [5.41, 5.74) is 4.90. The van der Waals surface area contributed by atoms with Gasteiger partial charge in [0.25, 0.3) is 0 Å². The Morgan fingerprint density at radius 3 is 2.50 bits per heavy atom. The van der Waals surface area contributed by atoms with Gasteiger partial charge in [0.05, 0.1) is 16.8 Å². The average molecular weight is 461 g/mol. The molecular formula is C26H32N6O2. The molecule has 8 nitrogen and oxygen atoms in total. The Kier molecular flexibility index (Phi) is 5.62. The average Bonchev–Trinajstić information content (AvgIpc) is 3.45. The van der Waals surface area contributed by atoms with Crippen LogP contribution in [0.1, 0.15) is 69.8 Å². The number of tetrazole rings is 1. The third kappa shape index (κ3) is 3.47. The first kappa shape index (κ1) is 22.5. The van der Waals surface area contributed by atoms with Crippen molar-refractivity contribution in [1.82, 2.24) is 30.5 Å². The number of H-pyrrole nitrogens is 1. The summed E-state index contributed by atoms with van der Waals surface area (Å²) in [6, 6.07) is 10.3. The van der Waals surface area contributed by atoms with E-state index < -0.39 is 17.0 Å². The lowest BCUT2D eigenvalue weighted by Crippen LogP contribution is -2.53. The number of amides is 1. The molecule has 2 aliphatic rings. The predicted octanol–water partition coefficient (Wildman–Crippen LogP) is 5.21. The van der Waals surface area contributed by atoms with Crippen molar-refractivity contribution in [2.75, 3.05) is 6.54 Å². The number of carbonyl (C=O) groups is 1. The maximum Gasteiger partial charge on any atom is 0.408 e. The Balaban J connectivity index is 1.94. The fraction of sp³-hybridized carbons (Fsp3) is 0.500. The van der Waals surface area contributed by atoms with Crippen molar-refractivity contribution >= 4 is 6.09 Å². The lowest BCUT2D eigenvalue weighted by atomic mass is 9.67. The van der Waals surface area contributed by atoms with E-state index in [1.54, 1.807) is 4.90 Å². The summed E-state index contributed by atoms with van der Waals surface area (Å²) in [5.74, 6) is 0.536. The molecule has 178 valence electrons. The summed E-state index contributed by atoms with van der Waals surface area (Å²) in [4.78, 5) is 19.5. The molecule has 0 unspecified atom stereocenters. The topological polar surface area (TPSA) is 108 Å². The van der Waals surface area contributed by atoms with Crippen LogP contribution in [0.4, 0.5) is 4.79 Å². The summed E-state index contributed by atoms with van der Waals surface area (Å²) in [5, 5.41) is 25.4. The van der Waals surface area contributed by atoms with Crippen molar-refractivity contribution in [3.05, 3.63) is 47.3 Å². The minimum absolute atomic E-state index is 0.399. The molecular weight excluding hydrogens is 428 g/mol. The molecule has 0 radical (unpaired) electrons. The molecule has 1 aliphatic heterocycles. The Morgan fingerprint density at radius 2 is 1.82 bits per heavy atom. The number of aryl methyl sites for hydroxylation is 1. The minimum atomic E-state index is -0.910. The molecule has 0 spiro atoms. The van der Waals surface area contributed by atoms with E-state index in [1.807, 2.05) is 18.2 Å². The SMILES string of the molecule is CC(C)(C)[C@]1(c2nc3c(c(-c4ccccc4)c2-c2nnn[nH]2)CCCCC3)CCCN1C(=O)O. The number of likely N-dealkylation sites (tertiary alicyclic amines) is 1. The van der Waals surface area contributed by atoms with E-state index in [9.17, 15) is 9.90 Å². The molecule has 2 N–H and O–H groups in total. The molecule has 3 heterocycles. The number of aromatic amines is 1. The molecule has 1 aromatic carbocycles. The van der Waals surface area contributed by atoms with E-state index in [0.717, 1.165) is 66.6 Å². The summed E-state index contributed by atoms with van der Waals surface area (Å²) < 4.78 is 0. The first-order valence-corrected chi connectivity index (χ1v) is 12.2. The highest BCUT2D eigenvalue weighted by Crippen LogP contribution is 2.55. The smallest absolute Gasteiger partial charge is 0.408 e. The van der Waals surface area contributed by atoms with Crippen LogP contribution in [0.5, 0.6) is 0 Å². The molecule has 2 aromatic heterocycles. The number of fused-ring (bicyclic) bond motifs is 1. The van der Waals surface area contributed by atoms with Gasteiger partial charge in [0.2, 0.25) is 0 Å². The number of benzene rings is 1. The third-order valence-electron chi connectivity index (χ3n) is 7.61. The van der Waals surface area contributed by atoms with E-state index >= 15 is 0 Å².